The predicted molar refractivity (Wildman–Crippen MR) is 92.1 cm³/mol. The van der Waals surface area contributed by atoms with Gasteiger partial charge in [-0.15, -0.1) is 26.2 Å². The van der Waals surface area contributed by atoms with E-state index in [1.807, 2.05) is 18.4 Å². The first-order chi connectivity index (χ1) is 12.2. The van der Waals surface area contributed by atoms with E-state index in [9.17, 15) is 4.79 Å². The number of thiophene rings is 1. The topological polar surface area (TPSA) is 94.3 Å². The fraction of sp³-hybridized carbons (Fsp3) is 0.0625. The number of hydrogen-bond donors (Lipinski definition) is 1. The Labute approximate surface area is 146 Å². The largest absolute Gasteiger partial charge is 0.438 e. The van der Waals surface area contributed by atoms with Crippen molar-refractivity contribution >= 4 is 28.6 Å². The van der Waals surface area contributed by atoms with Crippen molar-refractivity contribution in [3.8, 4) is 11.6 Å². The highest BCUT2D eigenvalue weighted by Crippen LogP contribution is 2.23. The molecule has 3 aromatic heterocycles. The summed E-state index contributed by atoms with van der Waals surface area (Å²) in [6, 6.07) is 12.4. The van der Waals surface area contributed by atoms with Crippen LogP contribution in [0.4, 0.5) is 5.69 Å². The van der Waals surface area contributed by atoms with Gasteiger partial charge < -0.3 is 10.1 Å². The van der Waals surface area contributed by atoms with Crippen molar-refractivity contribution in [2.45, 2.75) is 6.92 Å². The molecular weight excluding hydrogens is 340 g/mol. The Morgan fingerprint density at radius 3 is 2.76 bits per heavy atom. The second kappa shape index (κ2) is 6.29. The zero-order valence-electron chi connectivity index (χ0n) is 13.1. The molecule has 4 aromatic rings. The molecule has 0 atom stereocenters. The fourth-order valence-electron chi connectivity index (χ4n) is 2.21. The quantitative estimate of drug-likeness (QED) is 0.607. The summed E-state index contributed by atoms with van der Waals surface area (Å²) in [6.07, 6.45) is 0. The van der Waals surface area contributed by atoms with E-state index < -0.39 is 0 Å². The third-order valence-electron chi connectivity index (χ3n) is 3.45. The number of ether oxygens (including phenoxy) is 1. The molecule has 1 amide bonds. The number of aromatic nitrogens is 5. The van der Waals surface area contributed by atoms with Crippen molar-refractivity contribution in [2.75, 3.05) is 5.32 Å². The number of anilines is 1. The summed E-state index contributed by atoms with van der Waals surface area (Å²) in [4.78, 5) is 12.9. The lowest BCUT2D eigenvalue weighted by molar-refractivity contribution is 0.103. The Morgan fingerprint density at radius 2 is 2.00 bits per heavy atom. The van der Waals surface area contributed by atoms with Crippen LogP contribution in [-0.2, 0) is 0 Å². The zero-order chi connectivity index (χ0) is 17.2. The van der Waals surface area contributed by atoms with E-state index in [1.165, 1.54) is 16.0 Å². The number of benzene rings is 1. The molecule has 4 rings (SSSR count). The van der Waals surface area contributed by atoms with Crippen molar-refractivity contribution in [2.24, 2.45) is 0 Å². The standard InChI is InChI=1S/C16H12N6O2S/c1-10-8-9-25-15(10)16(23)17-11-2-4-12(5-3-11)24-14-7-6-13-18-20-21-22(13)19-14/h2-9H,1H3,(H,17,23). The van der Waals surface area contributed by atoms with Crippen LogP contribution in [0, 0.1) is 6.92 Å². The molecule has 0 unspecified atom stereocenters. The van der Waals surface area contributed by atoms with Gasteiger partial charge in [0.1, 0.15) is 5.75 Å². The highest BCUT2D eigenvalue weighted by atomic mass is 32.1. The van der Waals surface area contributed by atoms with E-state index in [-0.39, 0.29) is 5.91 Å². The molecule has 25 heavy (non-hydrogen) atoms. The molecule has 3 heterocycles. The molecule has 8 nitrogen and oxygen atoms in total. The summed E-state index contributed by atoms with van der Waals surface area (Å²) < 4.78 is 6.95. The molecule has 0 spiro atoms. The van der Waals surface area contributed by atoms with Crippen LogP contribution in [0.15, 0.2) is 47.8 Å². The van der Waals surface area contributed by atoms with E-state index in [1.54, 1.807) is 36.4 Å². The number of carbonyl (C=O) groups excluding carboxylic acids is 1. The lowest BCUT2D eigenvalue weighted by Crippen LogP contribution is -2.11. The van der Waals surface area contributed by atoms with Crippen molar-refractivity contribution in [1.29, 1.82) is 0 Å². The van der Waals surface area contributed by atoms with Crippen LogP contribution in [0.2, 0.25) is 0 Å². The van der Waals surface area contributed by atoms with Gasteiger partial charge in [-0.1, -0.05) is 0 Å². The second-order valence-corrected chi connectivity index (χ2v) is 6.13. The van der Waals surface area contributed by atoms with Crippen LogP contribution in [0.3, 0.4) is 0 Å². The zero-order valence-corrected chi connectivity index (χ0v) is 13.9. The van der Waals surface area contributed by atoms with Gasteiger partial charge in [-0.05, 0) is 64.7 Å². The normalized spacial score (nSPS) is 10.8. The third-order valence-corrected chi connectivity index (χ3v) is 4.46. The minimum absolute atomic E-state index is 0.119. The number of fused-ring (bicyclic) bond motifs is 1. The molecule has 1 aromatic carbocycles. The van der Waals surface area contributed by atoms with Gasteiger partial charge in [-0.2, -0.15) is 0 Å². The number of amides is 1. The molecule has 0 aliphatic heterocycles. The van der Waals surface area contributed by atoms with Gasteiger partial charge in [0.25, 0.3) is 5.91 Å². The maximum Gasteiger partial charge on any atom is 0.265 e. The highest BCUT2D eigenvalue weighted by Gasteiger charge is 2.10. The Hall–Kier alpha value is -3.33. The molecule has 0 saturated heterocycles. The SMILES string of the molecule is Cc1ccsc1C(=O)Nc1ccc(Oc2ccc3nnnn3n2)cc1. The summed E-state index contributed by atoms with van der Waals surface area (Å²) in [5.74, 6) is 0.836. The van der Waals surface area contributed by atoms with Crippen LogP contribution in [0.5, 0.6) is 11.6 Å². The van der Waals surface area contributed by atoms with Crippen molar-refractivity contribution in [3.63, 3.8) is 0 Å². The van der Waals surface area contributed by atoms with Crippen molar-refractivity contribution in [3.05, 3.63) is 58.3 Å². The van der Waals surface area contributed by atoms with Gasteiger partial charge >= 0.3 is 0 Å². The minimum atomic E-state index is -0.119. The van der Waals surface area contributed by atoms with E-state index >= 15 is 0 Å². The number of hydrogen-bond acceptors (Lipinski definition) is 7. The molecule has 0 aliphatic carbocycles. The summed E-state index contributed by atoms with van der Waals surface area (Å²) in [7, 11) is 0. The van der Waals surface area contributed by atoms with Gasteiger partial charge in [0.2, 0.25) is 5.88 Å². The number of nitrogens with zero attached hydrogens (tertiary/aromatic N) is 5. The lowest BCUT2D eigenvalue weighted by Gasteiger charge is -2.07. The van der Waals surface area contributed by atoms with E-state index in [4.69, 9.17) is 4.74 Å². The van der Waals surface area contributed by atoms with Crippen molar-refractivity contribution < 1.29 is 9.53 Å². The number of rotatable bonds is 4. The average Bonchev–Trinajstić information content (AvgIpc) is 3.25. The second-order valence-electron chi connectivity index (χ2n) is 5.21. The Bertz CT molecular complexity index is 1040. The minimum Gasteiger partial charge on any atom is -0.438 e. The van der Waals surface area contributed by atoms with E-state index in [2.05, 4.69) is 25.9 Å². The summed E-state index contributed by atoms with van der Waals surface area (Å²) in [5.41, 5.74) is 2.19. The maximum atomic E-state index is 12.2. The van der Waals surface area contributed by atoms with Gasteiger partial charge in [0, 0.05) is 11.8 Å². The Balaban J connectivity index is 1.46. The lowest BCUT2D eigenvalue weighted by atomic mass is 10.2. The molecule has 0 fully saturated rings. The first-order valence-electron chi connectivity index (χ1n) is 7.38. The first-order valence-corrected chi connectivity index (χ1v) is 8.26. The van der Waals surface area contributed by atoms with Crippen molar-refractivity contribution in [1.82, 2.24) is 25.3 Å². The smallest absolute Gasteiger partial charge is 0.265 e. The number of nitrogens with one attached hydrogen (secondary N) is 1. The third kappa shape index (κ3) is 3.17. The predicted octanol–water partition coefficient (Wildman–Crippen LogP) is 2.93. The molecule has 0 bridgehead atoms. The Kier molecular flexibility index (Phi) is 3.82. The first kappa shape index (κ1) is 15.2. The molecular formula is C16H12N6O2S. The molecule has 0 radical (unpaired) electrons. The number of tetrazole rings is 1. The van der Waals surface area contributed by atoms with Gasteiger partial charge in [-0.25, -0.2) is 0 Å². The van der Waals surface area contributed by atoms with Crippen LogP contribution in [0.25, 0.3) is 5.65 Å². The summed E-state index contributed by atoms with van der Waals surface area (Å²) >= 11 is 1.42. The maximum absolute atomic E-state index is 12.2. The molecule has 124 valence electrons. The summed E-state index contributed by atoms with van der Waals surface area (Å²) in [6.45, 7) is 1.91. The van der Waals surface area contributed by atoms with Gasteiger partial charge in [0.15, 0.2) is 5.65 Å². The average molecular weight is 352 g/mol. The molecule has 0 saturated carbocycles. The number of carbonyl (C=O) groups is 1. The fourth-order valence-corrected chi connectivity index (χ4v) is 3.03. The van der Waals surface area contributed by atoms with Crippen LogP contribution >= 0.6 is 11.3 Å². The van der Waals surface area contributed by atoms with Gasteiger partial charge in [0.05, 0.1) is 4.88 Å². The van der Waals surface area contributed by atoms with Crippen LogP contribution in [0.1, 0.15) is 15.2 Å². The van der Waals surface area contributed by atoms with Crippen LogP contribution < -0.4 is 10.1 Å². The highest BCUT2D eigenvalue weighted by molar-refractivity contribution is 7.12. The van der Waals surface area contributed by atoms with E-state index in [0.717, 1.165) is 5.56 Å². The van der Waals surface area contributed by atoms with Crippen LogP contribution in [-0.4, -0.2) is 31.2 Å². The molecule has 1 N–H and O–H groups in total. The number of aryl methyl sites for hydroxylation is 1. The Morgan fingerprint density at radius 1 is 1.16 bits per heavy atom. The van der Waals surface area contributed by atoms with Gasteiger partial charge in [-0.3, -0.25) is 4.79 Å². The molecule has 0 aliphatic rings. The van der Waals surface area contributed by atoms with E-state index in [0.29, 0.717) is 27.8 Å². The molecule has 9 heteroatoms. The summed E-state index contributed by atoms with van der Waals surface area (Å²) in [5, 5.41) is 19.9. The monoisotopic (exact) mass is 352 g/mol.